The van der Waals surface area contributed by atoms with Gasteiger partial charge in [0.25, 0.3) is 0 Å². The summed E-state index contributed by atoms with van der Waals surface area (Å²) in [5, 5.41) is 12.4. The molecular formula is C10H12N2OS. The number of nitrogens with zero attached hydrogens (tertiary/aromatic N) is 1. The van der Waals surface area contributed by atoms with Gasteiger partial charge in [0.05, 0.1) is 17.0 Å². The lowest BCUT2D eigenvalue weighted by Crippen LogP contribution is -2.42. The second-order valence-electron chi connectivity index (χ2n) is 3.67. The molecule has 74 valence electrons. The van der Waals surface area contributed by atoms with Gasteiger partial charge in [-0.15, -0.1) is 11.8 Å². The predicted molar refractivity (Wildman–Crippen MR) is 55.2 cm³/mol. The van der Waals surface area contributed by atoms with Gasteiger partial charge in [-0.3, -0.25) is 4.79 Å². The summed E-state index contributed by atoms with van der Waals surface area (Å²) in [5.41, 5.74) is 0. The van der Waals surface area contributed by atoms with Gasteiger partial charge < -0.3 is 5.32 Å². The Morgan fingerprint density at radius 3 is 3.07 bits per heavy atom. The van der Waals surface area contributed by atoms with Crippen molar-refractivity contribution in [2.75, 3.05) is 0 Å². The number of nitrogens with one attached hydrogen (secondary N) is 1. The summed E-state index contributed by atoms with van der Waals surface area (Å²) < 4.78 is 0. The fourth-order valence-electron chi connectivity index (χ4n) is 2.07. The van der Waals surface area contributed by atoms with Crippen LogP contribution in [-0.2, 0) is 4.79 Å². The molecule has 2 fully saturated rings. The van der Waals surface area contributed by atoms with Crippen molar-refractivity contribution < 1.29 is 4.79 Å². The van der Waals surface area contributed by atoms with Gasteiger partial charge in [0.2, 0.25) is 5.91 Å². The molecule has 1 aliphatic heterocycles. The summed E-state index contributed by atoms with van der Waals surface area (Å²) in [6.45, 7) is 0. The topological polar surface area (TPSA) is 52.9 Å². The first-order valence-electron chi connectivity index (χ1n) is 4.88. The number of fused-ring (bicyclic) bond motifs is 1. The van der Waals surface area contributed by atoms with Crippen LogP contribution in [-0.4, -0.2) is 11.2 Å². The fraction of sp³-hybridized carbons (Fsp3) is 0.600. The third kappa shape index (κ3) is 1.78. The van der Waals surface area contributed by atoms with Gasteiger partial charge in [-0.05, 0) is 12.8 Å². The van der Waals surface area contributed by atoms with E-state index in [0.717, 1.165) is 24.3 Å². The predicted octanol–water partition coefficient (Wildman–Crippen LogP) is 1.77. The maximum absolute atomic E-state index is 11.6. The van der Waals surface area contributed by atoms with Crippen LogP contribution in [0.1, 0.15) is 25.7 Å². The van der Waals surface area contributed by atoms with Gasteiger partial charge >= 0.3 is 0 Å². The minimum atomic E-state index is 0.106. The third-order valence-electron chi connectivity index (χ3n) is 2.76. The van der Waals surface area contributed by atoms with E-state index in [2.05, 4.69) is 5.32 Å². The zero-order chi connectivity index (χ0) is 9.97. The number of amides is 1. The molecule has 2 atom stereocenters. The lowest BCUT2D eigenvalue weighted by molar-refractivity contribution is -0.125. The van der Waals surface area contributed by atoms with Gasteiger partial charge in [0, 0.05) is 11.3 Å². The lowest BCUT2D eigenvalue weighted by Gasteiger charge is -2.34. The summed E-state index contributed by atoms with van der Waals surface area (Å²) in [4.78, 5) is 11.6. The van der Waals surface area contributed by atoms with Crippen LogP contribution < -0.4 is 5.32 Å². The number of carbonyl (C=O) groups is 1. The Morgan fingerprint density at radius 2 is 2.29 bits per heavy atom. The molecule has 1 saturated heterocycles. The smallest absolute Gasteiger partial charge is 0.229 e. The van der Waals surface area contributed by atoms with Crippen LogP contribution in [0.4, 0.5) is 0 Å². The second-order valence-corrected chi connectivity index (χ2v) is 4.96. The Kier molecular flexibility index (Phi) is 2.78. The maximum atomic E-state index is 11.6. The minimum absolute atomic E-state index is 0.106. The first-order valence-corrected chi connectivity index (χ1v) is 5.76. The van der Waals surface area contributed by atoms with Crippen LogP contribution in [0.25, 0.3) is 0 Å². The number of allylic oxidation sites excluding steroid dienone is 1. The van der Waals surface area contributed by atoms with Crippen molar-refractivity contribution in [2.45, 2.75) is 30.9 Å². The molecule has 2 aliphatic rings. The Morgan fingerprint density at radius 1 is 1.50 bits per heavy atom. The number of thioether (sulfide) groups is 1. The van der Waals surface area contributed by atoms with Gasteiger partial charge in [-0.2, -0.15) is 5.26 Å². The highest BCUT2D eigenvalue weighted by molar-refractivity contribution is 8.03. The normalized spacial score (nSPS) is 34.5. The molecule has 3 nitrogen and oxygen atoms in total. The summed E-state index contributed by atoms with van der Waals surface area (Å²) in [5.74, 6) is 0.277. The summed E-state index contributed by atoms with van der Waals surface area (Å²) >= 11 is 1.65. The van der Waals surface area contributed by atoms with E-state index >= 15 is 0 Å². The highest BCUT2D eigenvalue weighted by atomic mass is 32.2. The van der Waals surface area contributed by atoms with Crippen molar-refractivity contribution >= 4 is 17.7 Å². The van der Waals surface area contributed by atoms with E-state index in [-0.39, 0.29) is 11.8 Å². The van der Waals surface area contributed by atoms with Gasteiger partial charge in [-0.1, -0.05) is 12.8 Å². The molecule has 0 bridgehead atoms. The SMILES string of the molecule is N#C/C=C1/NC(=O)C2CCCCC2S1. The fourth-order valence-corrected chi connectivity index (χ4v) is 3.39. The van der Waals surface area contributed by atoms with E-state index in [4.69, 9.17) is 5.26 Å². The highest BCUT2D eigenvalue weighted by Crippen LogP contribution is 2.39. The zero-order valence-electron chi connectivity index (χ0n) is 7.82. The largest absolute Gasteiger partial charge is 0.320 e. The zero-order valence-corrected chi connectivity index (χ0v) is 8.64. The highest BCUT2D eigenvalue weighted by Gasteiger charge is 2.36. The minimum Gasteiger partial charge on any atom is -0.320 e. The first kappa shape index (κ1) is 9.60. The van der Waals surface area contributed by atoms with Gasteiger partial charge in [-0.25, -0.2) is 0 Å². The number of carbonyl (C=O) groups excluding carboxylic acids is 1. The third-order valence-corrected chi connectivity index (χ3v) is 4.10. The summed E-state index contributed by atoms with van der Waals surface area (Å²) in [6, 6.07) is 1.96. The average molecular weight is 208 g/mol. The number of rotatable bonds is 0. The molecule has 0 radical (unpaired) electrons. The van der Waals surface area contributed by atoms with Crippen molar-refractivity contribution in [1.29, 1.82) is 5.26 Å². The van der Waals surface area contributed by atoms with Gasteiger partial charge in [0.1, 0.15) is 0 Å². The van der Waals surface area contributed by atoms with E-state index in [0.29, 0.717) is 5.25 Å². The Labute approximate surface area is 87.5 Å². The Bertz CT molecular complexity index is 319. The molecule has 1 amide bonds. The number of hydrogen-bond donors (Lipinski definition) is 1. The molecular weight excluding hydrogens is 196 g/mol. The van der Waals surface area contributed by atoms with E-state index in [9.17, 15) is 4.79 Å². The number of nitriles is 1. The van der Waals surface area contributed by atoms with Crippen molar-refractivity contribution in [2.24, 2.45) is 5.92 Å². The molecule has 0 spiro atoms. The summed E-state index contributed by atoms with van der Waals surface area (Å²) in [6.07, 6.45) is 5.90. The van der Waals surface area contributed by atoms with E-state index in [1.807, 2.05) is 6.07 Å². The molecule has 1 aliphatic carbocycles. The first-order chi connectivity index (χ1) is 6.81. The maximum Gasteiger partial charge on any atom is 0.229 e. The van der Waals surface area contributed by atoms with Crippen molar-refractivity contribution in [3.8, 4) is 6.07 Å². The van der Waals surface area contributed by atoms with Crippen molar-refractivity contribution in [3.05, 3.63) is 11.1 Å². The molecule has 0 aromatic carbocycles. The molecule has 4 heteroatoms. The Hall–Kier alpha value is -0.950. The lowest BCUT2D eigenvalue weighted by atomic mass is 9.88. The molecule has 1 saturated carbocycles. The van der Waals surface area contributed by atoms with Crippen LogP contribution in [0.15, 0.2) is 11.1 Å². The Balaban J connectivity index is 2.12. The molecule has 0 aromatic rings. The molecule has 2 rings (SSSR count). The van der Waals surface area contributed by atoms with Crippen LogP contribution in [0.5, 0.6) is 0 Å². The average Bonchev–Trinajstić information content (AvgIpc) is 2.18. The van der Waals surface area contributed by atoms with E-state index in [1.165, 1.54) is 12.5 Å². The summed E-state index contributed by atoms with van der Waals surface area (Å²) in [7, 11) is 0. The molecule has 2 unspecified atom stereocenters. The van der Waals surface area contributed by atoms with Crippen molar-refractivity contribution in [3.63, 3.8) is 0 Å². The van der Waals surface area contributed by atoms with E-state index in [1.54, 1.807) is 11.8 Å². The standard InChI is InChI=1S/C10H12N2OS/c11-6-5-9-12-10(13)7-3-1-2-4-8(7)14-9/h5,7-8H,1-4H2,(H,12,13)/b9-5-. The molecule has 14 heavy (non-hydrogen) atoms. The van der Waals surface area contributed by atoms with Crippen LogP contribution in [0, 0.1) is 17.2 Å². The van der Waals surface area contributed by atoms with E-state index < -0.39 is 0 Å². The van der Waals surface area contributed by atoms with Gasteiger partial charge in [0.15, 0.2) is 0 Å². The van der Waals surface area contributed by atoms with Crippen LogP contribution in [0.3, 0.4) is 0 Å². The number of hydrogen-bond acceptors (Lipinski definition) is 3. The molecule has 1 heterocycles. The monoisotopic (exact) mass is 208 g/mol. The quantitative estimate of drug-likeness (QED) is 0.617. The van der Waals surface area contributed by atoms with Crippen molar-refractivity contribution in [1.82, 2.24) is 5.32 Å². The van der Waals surface area contributed by atoms with Crippen LogP contribution >= 0.6 is 11.8 Å². The molecule has 0 aromatic heterocycles. The molecule has 1 N–H and O–H groups in total. The van der Waals surface area contributed by atoms with Crippen LogP contribution in [0.2, 0.25) is 0 Å². The second kappa shape index (κ2) is 4.05.